The highest BCUT2D eigenvalue weighted by atomic mass is 28.4. The minimum atomic E-state index is -2.58. The summed E-state index contributed by atoms with van der Waals surface area (Å²) in [4.78, 5) is 11.4. The molecule has 0 heterocycles. The van der Waals surface area contributed by atoms with E-state index in [2.05, 4.69) is 5.32 Å². The first kappa shape index (κ1) is 35.7. The number of aliphatic hydroxyl groups is 1. The first-order valence-electron chi connectivity index (χ1n) is 12.8. The summed E-state index contributed by atoms with van der Waals surface area (Å²) >= 11 is 0. The SMILES string of the molecule is CCO[Si](CCCN)(OCC)OCC.CCO[Si](CCCNC(=O)CCCO)(OCC)OCC. The monoisotopic (exact) mass is 528 g/mol. The number of rotatable bonds is 22. The van der Waals surface area contributed by atoms with E-state index in [9.17, 15) is 4.79 Å². The van der Waals surface area contributed by atoms with Crippen LogP contribution < -0.4 is 11.1 Å². The lowest BCUT2D eigenvalue weighted by atomic mass is 10.3. The quantitative estimate of drug-likeness (QED) is 0.143. The van der Waals surface area contributed by atoms with Crippen molar-refractivity contribution in [1.82, 2.24) is 5.32 Å². The molecule has 34 heavy (non-hydrogen) atoms. The van der Waals surface area contributed by atoms with Gasteiger partial charge in [-0.3, -0.25) is 4.79 Å². The highest BCUT2D eigenvalue weighted by molar-refractivity contribution is 6.61. The van der Waals surface area contributed by atoms with Crippen LogP contribution >= 0.6 is 0 Å². The molecule has 206 valence electrons. The van der Waals surface area contributed by atoms with Crippen LogP contribution in [-0.2, 0) is 31.4 Å². The fraction of sp³-hybridized carbons (Fsp3) is 0.955. The van der Waals surface area contributed by atoms with E-state index in [4.69, 9.17) is 37.4 Å². The van der Waals surface area contributed by atoms with Gasteiger partial charge in [-0.25, -0.2) is 0 Å². The molecule has 0 aromatic rings. The molecule has 4 N–H and O–H groups in total. The third-order valence-electron chi connectivity index (χ3n) is 4.42. The summed E-state index contributed by atoms with van der Waals surface area (Å²) in [6.45, 7) is 16.5. The third kappa shape index (κ3) is 17.9. The van der Waals surface area contributed by atoms with Crippen molar-refractivity contribution >= 4 is 23.5 Å². The second-order valence-corrected chi connectivity index (χ2v) is 12.6. The lowest BCUT2D eigenvalue weighted by molar-refractivity contribution is -0.121. The molecule has 0 unspecified atom stereocenters. The molecule has 0 saturated heterocycles. The molecule has 10 nitrogen and oxygen atoms in total. The van der Waals surface area contributed by atoms with Crippen molar-refractivity contribution in [3.05, 3.63) is 0 Å². The Morgan fingerprint density at radius 3 is 1.41 bits per heavy atom. The minimum Gasteiger partial charge on any atom is -0.396 e. The fourth-order valence-corrected chi connectivity index (χ4v) is 8.43. The number of nitrogens with one attached hydrogen (secondary N) is 1. The predicted molar refractivity (Wildman–Crippen MR) is 138 cm³/mol. The average molecular weight is 529 g/mol. The molecule has 0 aliphatic rings. The molecule has 0 rings (SSSR count). The van der Waals surface area contributed by atoms with E-state index in [1.807, 2.05) is 41.5 Å². The van der Waals surface area contributed by atoms with Crippen molar-refractivity contribution in [1.29, 1.82) is 0 Å². The van der Waals surface area contributed by atoms with Crippen LogP contribution in [0.2, 0.25) is 12.1 Å². The normalized spacial score (nSPS) is 11.8. The molecular formula is C22H52N2O8Si2. The Morgan fingerprint density at radius 1 is 0.706 bits per heavy atom. The Bertz CT molecular complexity index is 431. The molecule has 12 heteroatoms. The maximum atomic E-state index is 11.4. The number of aliphatic hydroxyl groups excluding tert-OH is 1. The van der Waals surface area contributed by atoms with E-state index in [-0.39, 0.29) is 12.5 Å². The lowest BCUT2D eigenvalue weighted by Crippen LogP contribution is -2.46. The number of carbonyl (C=O) groups is 1. The van der Waals surface area contributed by atoms with Gasteiger partial charge in [-0.05, 0) is 67.3 Å². The summed E-state index contributed by atoms with van der Waals surface area (Å²) in [6, 6.07) is 1.52. The summed E-state index contributed by atoms with van der Waals surface area (Å²) in [7, 11) is -4.98. The third-order valence-corrected chi connectivity index (χ3v) is 10.7. The van der Waals surface area contributed by atoms with Crippen LogP contribution in [0.3, 0.4) is 0 Å². The van der Waals surface area contributed by atoms with Gasteiger partial charge in [0.05, 0.1) is 0 Å². The van der Waals surface area contributed by atoms with Crippen LogP contribution in [0, 0.1) is 0 Å². The van der Waals surface area contributed by atoms with Crippen LogP contribution in [0.5, 0.6) is 0 Å². The van der Waals surface area contributed by atoms with E-state index in [1.54, 1.807) is 0 Å². The molecule has 0 aliphatic carbocycles. The molecule has 0 radical (unpaired) electrons. The predicted octanol–water partition coefficient (Wildman–Crippen LogP) is 2.70. The molecule has 0 bridgehead atoms. The Kier molecular flexibility index (Phi) is 25.5. The van der Waals surface area contributed by atoms with E-state index >= 15 is 0 Å². The van der Waals surface area contributed by atoms with Crippen molar-refractivity contribution in [2.75, 3.05) is 59.3 Å². The molecule has 0 saturated carbocycles. The van der Waals surface area contributed by atoms with Gasteiger partial charge in [0.25, 0.3) is 0 Å². The van der Waals surface area contributed by atoms with Crippen LogP contribution in [0.25, 0.3) is 0 Å². The maximum Gasteiger partial charge on any atom is 0.500 e. The van der Waals surface area contributed by atoms with Gasteiger partial charge in [-0.2, -0.15) is 0 Å². The number of hydrogen-bond acceptors (Lipinski definition) is 9. The van der Waals surface area contributed by atoms with Gasteiger partial charge >= 0.3 is 17.6 Å². The van der Waals surface area contributed by atoms with Gasteiger partial charge in [-0.15, -0.1) is 0 Å². The zero-order valence-corrected chi connectivity index (χ0v) is 24.5. The van der Waals surface area contributed by atoms with Gasteiger partial charge < -0.3 is 42.7 Å². The zero-order valence-electron chi connectivity index (χ0n) is 22.5. The van der Waals surface area contributed by atoms with Crippen molar-refractivity contribution < 1.29 is 36.5 Å². The highest BCUT2D eigenvalue weighted by Crippen LogP contribution is 2.18. The summed E-state index contributed by atoms with van der Waals surface area (Å²) in [5, 5.41) is 11.5. The first-order valence-corrected chi connectivity index (χ1v) is 16.7. The van der Waals surface area contributed by atoms with E-state index in [1.165, 1.54) is 0 Å². The van der Waals surface area contributed by atoms with Crippen molar-refractivity contribution in [2.45, 2.75) is 79.3 Å². The van der Waals surface area contributed by atoms with Crippen LogP contribution in [0.15, 0.2) is 0 Å². The van der Waals surface area contributed by atoms with E-state index < -0.39 is 17.6 Å². The number of amides is 1. The Balaban J connectivity index is 0. The second-order valence-electron chi connectivity index (χ2n) is 7.14. The molecule has 0 spiro atoms. The highest BCUT2D eigenvalue weighted by Gasteiger charge is 2.40. The van der Waals surface area contributed by atoms with Crippen molar-refractivity contribution in [3.63, 3.8) is 0 Å². The Hall–Kier alpha value is -0.416. The molecule has 0 aromatic heterocycles. The van der Waals surface area contributed by atoms with Gasteiger partial charge in [0.1, 0.15) is 0 Å². The molecule has 0 aromatic carbocycles. The average Bonchev–Trinajstić information content (AvgIpc) is 2.81. The van der Waals surface area contributed by atoms with Crippen molar-refractivity contribution in [3.8, 4) is 0 Å². The number of carbonyl (C=O) groups excluding carboxylic acids is 1. The molecule has 0 aliphatic heterocycles. The summed E-state index contributed by atoms with van der Waals surface area (Å²) in [5.74, 6) is -0.0319. The van der Waals surface area contributed by atoms with Crippen LogP contribution in [0.4, 0.5) is 0 Å². The molecule has 0 atom stereocenters. The number of hydrogen-bond donors (Lipinski definition) is 3. The van der Waals surface area contributed by atoms with E-state index in [0.717, 1.165) is 18.9 Å². The topological polar surface area (TPSA) is 131 Å². The maximum absolute atomic E-state index is 11.4. The summed E-state index contributed by atoms with van der Waals surface area (Å²) in [5.41, 5.74) is 5.48. The Labute approximate surface area is 209 Å². The molecule has 0 fully saturated rings. The van der Waals surface area contributed by atoms with Crippen LogP contribution in [0.1, 0.15) is 67.2 Å². The summed E-state index contributed by atoms with van der Waals surface area (Å²) < 4.78 is 34.1. The molecule has 1 amide bonds. The lowest BCUT2D eigenvalue weighted by Gasteiger charge is -2.28. The smallest absolute Gasteiger partial charge is 0.396 e. The Morgan fingerprint density at radius 2 is 1.09 bits per heavy atom. The second kappa shape index (κ2) is 24.3. The van der Waals surface area contributed by atoms with Gasteiger partial charge in [0.15, 0.2) is 0 Å². The van der Waals surface area contributed by atoms with Gasteiger partial charge in [0.2, 0.25) is 5.91 Å². The summed E-state index contributed by atoms with van der Waals surface area (Å²) in [6.07, 6.45) is 2.52. The minimum absolute atomic E-state index is 0.0319. The largest absolute Gasteiger partial charge is 0.500 e. The number of nitrogens with two attached hydrogens (primary N) is 1. The standard InChI is InChI=1S/C13H29NO5Si.C9H23NO3Si/c1-4-17-20(18-5-2,19-6-3)12-8-10-14-13(16)9-7-11-15;1-4-11-14(12-5-2,13-6-3)9-7-8-10/h15H,4-12H2,1-3H3,(H,14,16);4-10H2,1-3H3. The van der Waals surface area contributed by atoms with Gasteiger partial charge in [-0.1, -0.05) is 0 Å². The van der Waals surface area contributed by atoms with E-state index in [0.29, 0.717) is 71.6 Å². The van der Waals surface area contributed by atoms with Crippen LogP contribution in [-0.4, -0.2) is 88.0 Å². The van der Waals surface area contributed by atoms with Crippen molar-refractivity contribution in [2.24, 2.45) is 5.73 Å². The molecular weight excluding hydrogens is 476 g/mol. The van der Waals surface area contributed by atoms with Gasteiger partial charge in [0, 0.05) is 71.3 Å². The fourth-order valence-electron chi connectivity index (χ4n) is 3.18. The zero-order chi connectivity index (χ0) is 26.1. The first-order chi connectivity index (χ1) is 16.4.